The highest BCUT2D eigenvalue weighted by atomic mass is 16.5. The molecule has 2 atom stereocenters. The third kappa shape index (κ3) is 4.42. The summed E-state index contributed by atoms with van der Waals surface area (Å²) in [4.78, 5) is 0. The van der Waals surface area contributed by atoms with Crippen molar-refractivity contribution in [2.24, 2.45) is 5.92 Å². The maximum atomic E-state index is 5.98. The molecule has 1 N–H and O–H groups in total. The van der Waals surface area contributed by atoms with E-state index in [9.17, 15) is 0 Å². The van der Waals surface area contributed by atoms with Crippen LogP contribution in [0.15, 0.2) is 0 Å². The number of ether oxygens (including phenoxy) is 1. The molecule has 94 valence electrons. The third-order valence-corrected chi connectivity index (χ3v) is 4.00. The van der Waals surface area contributed by atoms with Gasteiger partial charge < -0.3 is 10.1 Å². The van der Waals surface area contributed by atoms with Crippen molar-refractivity contribution in [2.45, 2.75) is 70.4 Å². The van der Waals surface area contributed by atoms with Crippen LogP contribution in [0.5, 0.6) is 0 Å². The van der Waals surface area contributed by atoms with E-state index in [0.717, 1.165) is 25.1 Å². The zero-order valence-electron chi connectivity index (χ0n) is 10.7. The van der Waals surface area contributed by atoms with E-state index in [0.29, 0.717) is 6.10 Å². The number of hydrogen-bond acceptors (Lipinski definition) is 2. The minimum absolute atomic E-state index is 0.569. The fourth-order valence-electron chi connectivity index (χ4n) is 2.68. The van der Waals surface area contributed by atoms with Crippen molar-refractivity contribution in [1.29, 1.82) is 0 Å². The maximum absolute atomic E-state index is 5.98. The minimum atomic E-state index is 0.569. The van der Waals surface area contributed by atoms with Gasteiger partial charge >= 0.3 is 0 Å². The van der Waals surface area contributed by atoms with E-state index in [-0.39, 0.29) is 0 Å². The van der Waals surface area contributed by atoms with Crippen LogP contribution < -0.4 is 5.32 Å². The molecule has 2 nitrogen and oxygen atoms in total. The van der Waals surface area contributed by atoms with Gasteiger partial charge in [-0.2, -0.15) is 0 Å². The first kappa shape index (κ1) is 12.4. The van der Waals surface area contributed by atoms with E-state index in [1.807, 2.05) is 0 Å². The van der Waals surface area contributed by atoms with Crippen LogP contribution >= 0.6 is 0 Å². The number of rotatable bonds is 7. The highest BCUT2D eigenvalue weighted by molar-refractivity contribution is 4.80. The van der Waals surface area contributed by atoms with Crippen LogP contribution in [0.25, 0.3) is 0 Å². The first-order valence-electron chi connectivity index (χ1n) is 7.23. The molecule has 2 saturated carbocycles. The highest BCUT2D eigenvalue weighted by Gasteiger charge is 2.21. The van der Waals surface area contributed by atoms with Gasteiger partial charge in [0.2, 0.25) is 0 Å². The Hall–Kier alpha value is -0.0800. The van der Waals surface area contributed by atoms with Crippen molar-refractivity contribution in [2.75, 3.05) is 13.2 Å². The van der Waals surface area contributed by atoms with Gasteiger partial charge in [-0.3, -0.25) is 0 Å². The predicted molar refractivity (Wildman–Crippen MR) is 67.6 cm³/mol. The van der Waals surface area contributed by atoms with Crippen LogP contribution in [-0.2, 0) is 4.74 Å². The van der Waals surface area contributed by atoms with Crippen LogP contribution in [0, 0.1) is 5.92 Å². The Morgan fingerprint density at radius 1 is 1.19 bits per heavy atom. The van der Waals surface area contributed by atoms with Crippen molar-refractivity contribution in [1.82, 2.24) is 5.32 Å². The minimum Gasteiger partial charge on any atom is -0.378 e. The molecular formula is C14H27NO. The summed E-state index contributed by atoms with van der Waals surface area (Å²) in [5.74, 6) is 0.934. The Kier molecular flexibility index (Phi) is 5.11. The lowest BCUT2D eigenvalue weighted by Gasteiger charge is -2.28. The lowest BCUT2D eigenvalue weighted by Crippen LogP contribution is -2.24. The summed E-state index contributed by atoms with van der Waals surface area (Å²) in [6.07, 6.45) is 11.3. The van der Waals surface area contributed by atoms with Gasteiger partial charge in [0, 0.05) is 12.6 Å². The summed E-state index contributed by atoms with van der Waals surface area (Å²) in [5, 5.41) is 3.53. The second-order valence-electron chi connectivity index (χ2n) is 5.52. The molecule has 0 amide bonds. The van der Waals surface area contributed by atoms with Crippen molar-refractivity contribution < 1.29 is 4.74 Å². The third-order valence-electron chi connectivity index (χ3n) is 4.00. The Morgan fingerprint density at radius 2 is 2.06 bits per heavy atom. The molecule has 2 aliphatic carbocycles. The van der Waals surface area contributed by atoms with Gasteiger partial charge in [0.15, 0.2) is 0 Å². The van der Waals surface area contributed by atoms with Gasteiger partial charge in [-0.05, 0) is 44.6 Å². The Morgan fingerprint density at radius 3 is 2.81 bits per heavy atom. The SMILES string of the molecule is CCC1CCCC(OCCCNC2CC2)C1. The van der Waals surface area contributed by atoms with E-state index in [2.05, 4.69) is 12.2 Å². The average Bonchev–Trinajstić information content (AvgIpc) is 3.13. The molecule has 0 aliphatic heterocycles. The van der Waals surface area contributed by atoms with Gasteiger partial charge in [-0.1, -0.05) is 26.2 Å². The van der Waals surface area contributed by atoms with Crippen molar-refractivity contribution in [3.63, 3.8) is 0 Å². The molecule has 0 saturated heterocycles. The maximum Gasteiger partial charge on any atom is 0.0577 e. The molecule has 0 heterocycles. The molecule has 0 spiro atoms. The molecule has 2 unspecified atom stereocenters. The normalized spacial score (nSPS) is 30.6. The van der Waals surface area contributed by atoms with Gasteiger partial charge in [-0.15, -0.1) is 0 Å². The van der Waals surface area contributed by atoms with Gasteiger partial charge in [-0.25, -0.2) is 0 Å². The summed E-state index contributed by atoms with van der Waals surface area (Å²) in [6.45, 7) is 4.42. The van der Waals surface area contributed by atoms with Crippen LogP contribution in [0.4, 0.5) is 0 Å². The summed E-state index contributed by atoms with van der Waals surface area (Å²) < 4.78 is 5.98. The molecule has 0 aromatic heterocycles. The zero-order valence-corrected chi connectivity index (χ0v) is 10.7. The molecule has 2 aliphatic rings. The fourth-order valence-corrected chi connectivity index (χ4v) is 2.68. The Balaban J connectivity index is 1.47. The van der Waals surface area contributed by atoms with E-state index >= 15 is 0 Å². The lowest BCUT2D eigenvalue weighted by atomic mass is 9.85. The molecule has 0 bridgehead atoms. The molecule has 16 heavy (non-hydrogen) atoms. The molecule has 0 aromatic rings. The monoisotopic (exact) mass is 225 g/mol. The van der Waals surface area contributed by atoms with Gasteiger partial charge in [0.1, 0.15) is 0 Å². The fraction of sp³-hybridized carbons (Fsp3) is 1.00. The number of hydrogen-bond donors (Lipinski definition) is 1. The predicted octanol–water partition coefficient (Wildman–Crippen LogP) is 3.11. The van der Waals surface area contributed by atoms with Gasteiger partial charge in [0.25, 0.3) is 0 Å². The smallest absolute Gasteiger partial charge is 0.0577 e. The topological polar surface area (TPSA) is 21.3 Å². The second-order valence-corrected chi connectivity index (χ2v) is 5.52. The van der Waals surface area contributed by atoms with E-state index in [4.69, 9.17) is 4.74 Å². The number of nitrogens with one attached hydrogen (secondary N) is 1. The van der Waals surface area contributed by atoms with Crippen molar-refractivity contribution >= 4 is 0 Å². The first-order chi connectivity index (χ1) is 7.88. The average molecular weight is 225 g/mol. The summed E-state index contributed by atoms with van der Waals surface area (Å²) >= 11 is 0. The van der Waals surface area contributed by atoms with Crippen LogP contribution in [0.1, 0.15) is 58.3 Å². The largest absolute Gasteiger partial charge is 0.378 e. The molecule has 2 heteroatoms. The summed E-state index contributed by atoms with van der Waals surface area (Å²) in [5.41, 5.74) is 0. The summed E-state index contributed by atoms with van der Waals surface area (Å²) in [7, 11) is 0. The Labute approximate surface area is 100 Å². The summed E-state index contributed by atoms with van der Waals surface area (Å²) in [6, 6.07) is 0.846. The highest BCUT2D eigenvalue weighted by Crippen LogP contribution is 2.28. The van der Waals surface area contributed by atoms with Crippen LogP contribution in [-0.4, -0.2) is 25.3 Å². The van der Waals surface area contributed by atoms with Crippen LogP contribution in [0.3, 0.4) is 0 Å². The molecule has 2 rings (SSSR count). The first-order valence-corrected chi connectivity index (χ1v) is 7.23. The van der Waals surface area contributed by atoms with Crippen LogP contribution in [0.2, 0.25) is 0 Å². The molecule has 2 fully saturated rings. The standard InChI is InChI=1S/C14H27NO/c1-2-12-5-3-6-14(11-12)16-10-4-9-15-13-7-8-13/h12-15H,2-11H2,1H3. The lowest BCUT2D eigenvalue weighted by molar-refractivity contribution is 0.0115. The molecule has 0 aromatic carbocycles. The quantitative estimate of drug-likeness (QED) is 0.672. The van der Waals surface area contributed by atoms with E-state index < -0.39 is 0 Å². The molecular weight excluding hydrogens is 198 g/mol. The molecule has 0 radical (unpaired) electrons. The van der Waals surface area contributed by atoms with E-state index in [1.165, 1.54) is 51.4 Å². The van der Waals surface area contributed by atoms with E-state index in [1.54, 1.807) is 0 Å². The van der Waals surface area contributed by atoms with Crippen molar-refractivity contribution in [3.8, 4) is 0 Å². The Bertz CT molecular complexity index is 191. The van der Waals surface area contributed by atoms with Crippen molar-refractivity contribution in [3.05, 3.63) is 0 Å². The zero-order chi connectivity index (χ0) is 11.2. The van der Waals surface area contributed by atoms with Gasteiger partial charge in [0.05, 0.1) is 6.10 Å². The second kappa shape index (κ2) is 6.61.